The zero-order valence-electron chi connectivity index (χ0n) is 15.9. The molecule has 1 aliphatic heterocycles. The van der Waals surface area contributed by atoms with Gasteiger partial charge in [-0.2, -0.15) is 5.10 Å². The topological polar surface area (TPSA) is 64.4 Å². The monoisotopic (exact) mass is 394 g/mol. The highest BCUT2D eigenvalue weighted by Crippen LogP contribution is 2.30. The van der Waals surface area contributed by atoms with E-state index < -0.39 is 12.7 Å². The summed E-state index contributed by atoms with van der Waals surface area (Å²) in [5.74, 6) is -0.0826. The Morgan fingerprint density at radius 1 is 1.25 bits per heavy atom. The van der Waals surface area contributed by atoms with Crippen molar-refractivity contribution in [3.8, 4) is 5.69 Å². The van der Waals surface area contributed by atoms with Gasteiger partial charge in [-0.25, -0.2) is 4.68 Å². The van der Waals surface area contributed by atoms with Crippen LogP contribution in [0.25, 0.3) is 5.69 Å². The van der Waals surface area contributed by atoms with Gasteiger partial charge in [0.25, 0.3) is 0 Å². The summed E-state index contributed by atoms with van der Waals surface area (Å²) in [4.78, 5) is 12.8. The molecule has 0 aliphatic carbocycles. The lowest BCUT2D eigenvalue weighted by Crippen LogP contribution is -2.29. The molecule has 0 fully saturated rings. The molecule has 0 saturated heterocycles. The summed E-state index contributed by atoms with van der Waals surface area (Å²) in [5, 5.41) is 14.9. The average Bonchev–Trinajstić information content (AvgIpc) is 3.16. The normalized spacial score (nSPS) is 15.0. The number of hydrogen-bond acceptors (Lipinski definition) is 4. The highest BCUT2D eigenvalue weighted by atomic mass is 35.5. The van der Waals surface area contributed by atoms with Crippen molar-refractivity contribution in [3.05, 3.63) is 76.1 Å². The lowest BCUT2D eigenvalue weighted by atomic mass is 9.77. The number of ketones is 1. The van der Waals surface area contributed by atoms with Gasteiger partial charge < -0.3 is 9.68 Å². The van der Waals surface area contributed by atoms with Gasteiger partial charge in [0, 0.05) is 18.2 Å². The van der Waals surface area contributed by atoms with Gasteiger partial charge >= 0.3 is 7.12 Å². The first kappa shape index (κ1) is 18.9. The summed E-state index contributed by atoms with van der Waals surface area (Å²) >= 11 is 6.38. The van der Waals surface area contributed by atoms with Crippen molar-refractivity contribution in [1.29, 1.82) is 0 Å². The fraction of sp³-hybridized carbons (Fsp3) is 0.238. The molecule has 2 aromatic carbocycles. The Labute approximate surface area is 169 Å². The molecule has 7 heteroatoms. The minimum atomic E-state index is -0.972. The third-order valence-corrected chi connectivity index (χ3v) is 5.35. The molecule has 4 rings (SSSR count). The molecule has 0 radical (unpaired) electrons. The van der Waals surface area contributed by atoms with Crippen molar-refractivity contribution in [1.82, 2.24) is 9.78 Å². The van der Waals surface area contributed by atoms with E-state index in [-0.39, 0.29) is 12.2 Å². The molecule has 0 bridgehead atoms. The lowest BCUT2D eigenvalue weighted by Gasteiger charge is -2.19. The Morgan fingerprint density at radius 3 is 2.71 bits per heavy atom. The number of benzene rings is 2. The van der Waals surface area contributed by atoms with E-state index in [2.05, 4.69) is 5.10 Å². The first-order valence-electron chi connectivity index (χ1n) is 9.09. The molecule has 0 unspecified atom stereocenters. The second-order valence-corrected chi connectivity index (χ2v) is 7.98. The van der Waals surface area contributed by atoms with Gasteiger partial charge in [0.1, 0.15) is 0 Å². The van der Waals surface area contributed by atoms with Crippen LogP contribution in [0.15, 0.2) is 48.7 Å². The molecule has 1 aromatic heterocycles. The van der Waals surface area contributed by atoms with Crippen LogP contribution in [0.3, 0.4) is 0 Å². The van der Waals surface area contributed by atoms with Gasteiger partial charge in [-0.15, -0.1) is 0 Å². The maximum Gasteiger partial charge on any atom is 0.492 e. The van der Waals surface area contributed by atoms with Gasteiger partial charge in [-0.3, -0.25) is 4.79 Å². The van der Waals surface area contributed by atoms with Crippen molar-refractivity contribution in [3.63, 3.8) is 0 Å². The molecule has 142 valence electrons. The summed E-state index contributed by atoms with van der Waals surface area (Å²) in [7, 11) is -0.972. The molecule has 0 atom stereocenters. The molecule has 2 heterocycles. The quantitative estimate of drug-likeness (QED) is 0.545. The van der Waals surface area contributed by atoms with E-state index in [0.29, 0.717) is 16.0 Å². The van der Waals surface area contributed by atoms with Crippen molar-refractivity contribution in [2.75, 3.05) is 0 Å². The Bertz CT molecular complexity index is 1080. The number of halogens is 1. The average molecular weight is 395 g/mol. The first-order valence-corrected chi connectivity index (χ1v) is 9.47. The van der Waals surface area contributed by atoms with E-state index in [1.807, 2.05) is 57.3 Å². The zero-order valence-corrected chi connectivity index (χ0v) is 16.7. The molecule has 0 spiro atoms. The summed E-state index contributed by atoms with van der Waals surface area (Å²) in [6, 6.07) is 12.8. The van der Waals surface area contributed by atoms with Gasteiger partial charge in [-0.1, -0.05) is 29.8 Å². The van der Waals surface area contributed by atoms with Gasteiger partial charge in [-0.05, 0) is 61.6 Å². The van der Waals surface area contributed by atoms with Crippen LogP contribution in [0.2, 0.25) is 5.02 Å². The van der Waals surface area contributed by atoms with E-state index in [9.17, 15) is 9.82 Å². The van der Waals surface area contributed by atoms with E-state index >= 15 is 0 Å². The summed E-state index contributed by atoms with van der Waals surface area (Å²) in [5.41, 5.74) is 4.09. The zero-order chi connectivity index (χ0) is 20.1. The number of nitrogens with zero attached hydrogens (tertiary/aromatic N) is 2. The molecule has 3 aromatic rings. The van der Waals surface area contributed by atoms with Crippen molar-refractivity contribution < 1.29 is 14.5 Å². The number of hydrogen-bond donors (Lipinski definition) is 1. The molecule has 5 nitrogen and oxygen atoms in total. The van der Waals surface area contributed by atoms with Gasteiger partial charge in [0.2, 0.25) is 0 Å². The van der Waals surface area contributed by atoms with E-state index in [0.717, 1.165) is 22.5 Å². The Balaban J connectivity index is 1.57. The number of aromatic nitrogens is 2. The molecule has 1 aliphatic rings. The number of fused-ring (bicyclic) bond motifs is 1. The third-order valence-electron chi connectivity index (χ3n) is 5.04. The molecule has 1 N–H and O–H groups in total. The molecule has 28 heavy (non-hydrogen) atoms. The number of Topliss-reactive ketones (excluding diaryl/α,β-unsaturated/α-hetero) is 1. The molecular weight excluding hydrogens is 375 g/mol. The second-order valence-electron chi connectivity index (χ2n) is 7.57. The van der Waals surface area contributed by atoms with Crippen LogP contribution in [0.1, 0.15) is 41.0 Å². The van der Waals surface area contributed by atoms with Gasteiger partial charge in [0.15, 0.2) is 5.78 Å². The maximum atomic E-state index is 12.8. The first-order chi connectivity index (χ1) is 13.2. The smallest absolute Gasteiger partial charge is 0.423 e. The van der Waals surface area contributed by atoms with Crippen LogP contribution in [-0.2, 0) is 16.7 Å². The highest BCUT2D eigenvalue weighted by Gasteiger charge is 2.40. The van der Waals surface area contributed by atoms with Crippen LogP contribution < -0.4 is 5.46 Å². The third kappa shape index (κ3) is 3.39. The van der Waals surface area contributed by atoms with Crippen LogP contribution >= 0.6 is 11.6 Å². The Morgan fingerprint density at radius 2 is 2.04 bits per heavy atom. The predicted octanol–water partition coefficient (Wildman–Crippen LogP) is 3.21. The van der Waals surface area contributed by atoms with Crippen LogP contribution in [0.5, 0.6) is 0 Å². The minimum Gasteiger partial charge on any atom is -0.423 e. The number of rotatable bonds is 4. The lowest BCUT2D eigenvalue weighted by molar-refractivity contribution is 0.0991. The van der Waals surface area contributed by atoms with Crippen LogP contribution in [-0.4, -0.2) is 27.7 Å². The highest BCUT2D eigenvalue weighted by molar-refractivity contribution is 6.62. The van der Waals surface area contributed by atoms with E-state index in [4.69, 9.17) is 16.3 Å². The summed E-state index contributed by atoms with van der Waals surface area (Å²) in [6.07, 6.45) is 2.04. The molecule has 0 saturated carbocycles. The minimum absolute atomic E-state index is 0.0826. The number of carbonyl (C=O) groups excluding carboxylic acids is 1. The largest absolute Gasteiger partial charge is 0.492 e. The number of carbonyl (C=O) groups is 1. The number of aryl methyl sites for hydroxylation is 1. The predicted molar refractivity (Wildman–Crippen MR) is 110 cm³/mol. The molecule has 0 amide bonds. The van der Waals surface area contributed by atoms with Crippen molar-refractivity contribution in [2.45, 2.75) is 32.8 Å². The fourth-order valence-corrected chi connectivity index (χ4v) is 3.87. The van der Waals surface area contributed by atoms with Crippen molar-refractivity contribution in [2.24, 2.45) is 0 Å². The molecular formula is C21H20BClN2O3. The Kier molecular flexibility index (Phi) is 4.66. The maximum absolute atomic E-state index is 12.8. The van der Waals surface area contributed by atoms with Crippen LogP contribution in [0.4, 0.5) is 0 Å². The standard InChI is InChI=1S/C21H20BClN2O3/c1-13-8-9-25(24-13)15-5-6-16(19(23)12-15)20(26)11-14-4-7-17-18(10-14)22(27)28-21(17,2)3/h4-10,12,27H,11H2,1-3H3. The van der Waals surface area contributed by atoms with E-state index in [1.54, 1.807) is 16.8 Å². The Hall–Kier alpha value is -2.41. The summed E-state index contributed by atoms with van der Waals surface area (Å²) < 4.78 is 7.30. The fourth-order valence-electron chi connectivity index (χ4n) is 3.59. The summed E-state index contributed by atoms with van der Waals surface area (Å²) in [6.45, 7) is 5.74. The SMILES string of the molecule is Cc1ccn(-c2ccc(C(=O)Cc3ccc4c(c3)B(O)OC4(C)C)c(Cl)c2)n1. The van der Waals surface area contributed by atoms with Crippen LogP contribution in [0, 0.1) is 6.92 Å². The second kappa shape index (κ2) is 6.89. The van der Waals surface area contributed by atoms with Crippen molar-refractivity contribution >= 4 is 30.0 Å². The van der Waals surface area contributed by atoms with Gasteiger partial charge in [0.05, 0.1) is 22.0 Å². The van der Waals surface area contributed by atoms with E-state index in [1.165, 1.54) is 0 Å².